The van der Waals surface area contributed by atoms with Crippen LogP contribution in [0.3, 0.4) is 0 Å². The van der Waals surface area contributed by atoms with Gasteiger partial charge in [-0.05, 0) is 142 Å². The van der Waals surface area contributed by atoms with Crippen LogP contribution in [-0.2, 0) is 12.8 Å². The first-order valence-corrected chi connectivity index (χ1v) is 19.8. The van der Waals surface area contributed by atoms with Gasteiger partial charge in [0.05, 0.1) is 22.6 Å². The molecular weight excluding hydrogens is 657 g/mol. The molecule has 0 spiro atoms. The van der Waals surface area contributed by atoms with Gasteiger partial charge in [-0.25, -0.2) is 9.98 Å². The van der Waals surface area contributed by atoms with Gasteiger partial charge in [0.2, 0.25) is 0 Å². The fourth-order valence-electron chi connectivity index (χ4n) is 7.62. The van der Waals surface area contributed by atoms with Crippen molar-refractivity contribution >= 4 is 34.5 Å². The third kappa shape index (κ3) is 9.26. The van der Waals surface area contributed by atoms with Crippen molar-refractivity contribution in [3.8, 4) is 11.5 Å². The largest absolute Gasteiger partial charge is 0.457 e. The van der Waals surface area contributed by atoms with Gasteiger partial charge in [0.15, 0.2) is 0 Å². The summed E-state index contributed by atoms with van der Waals surface area (Å²) in [4.78, 5) is 10.2. The third-order valence-corrected chi connectivity index (χ3v) is 10.8. The monoisotopic (exact) mass is 712 g/mol. The van der Waals surface area contributed by atoms with Crippen molar-refractivity contribution in [2.24, 2.45) is 16.8 Å². The maximum Gasteiger partial charge on any atom is 0.127 e. The van der Waals surface area contributed by atoms with Crippen molar-refractivity contribution in [3.05, 3.63) is 167 Å². The summed E-state index contributed by atoms with van der Waals surface area (Å²) < 4.78 is 6.29. The summed E-state index contributed by atoms with van der Waals surface area (Å²) in [6.07, 6.45) is 17.5. The lowest BCUT2D eigenvalue weighted by atomic mass is 9.76. The minimum Gasteiger partial charge on any atom is -0.457 e. The highest BCUT2D eigenvalue weighted by molar-refractivity contribution is 6.15. The average molecular weight is 713 g/mol. The Morgan fingerprint density at radius 1 is 0.852 bits per heavy atom. The summed E-state index contributed by atoms with van der Waals surface area (Å²) in [5.74, 6) is 2.86. The SMILES string of the molecule is C=C1C(=Nc2ccc(Oc3ccc(CCCCc4c(C=CC(C)C)c(C=CC)nc5ccccc45)cc3)cc2)c2ccccc2C(C)CCC1C(C)=CC. The highest BCUT2D eigenvalue weighted by Gasteiger charge is 2.27. The molecular formula is C51H56N2O. The summed E-state index contributed by atoms with van der Waals surface area (Å²) >= 11 is 0. The van der Waals surface area contributed by atoms with E-state index in [9.17, 15) is 0 Å². The molecule has 54 heavy (non-hydrogen) atoms. The van der Waals surface area contributed by atoms with Gasteiger partial charge in [-0.2, -0.15) is 0 Å². The molecule has 1 heterocycles. The minimum absolute atomic E-state index is 0.290. The van der Waals surface area contributed by atoms with E-state index in [1.54, 1.807) is 0 Å². The Morgan fingerprint density at radius 3 is 2.26 bits per heavy atom. The Labute approximate surface area is 324 Å². The van der Waals surface area contributed by atoms with Crippen LogP contribution in [0.2, 0.25) is 0 Å². The van der Waals surface area contributed by atoms with E-state index in [1.807, 2.05) is 24.3 Å². The van der Waals surface area contributed by atoms with Crippen LogP contribution in [-0.4, -0.2) is 10.7 Å². The van der Waals surface area contributed by atoms with Gasteiger partial charge >= 0.3 is 0 Å². The molecule has 4 aromatic carbocycles. The van der Waals surface area contributed by atoms with Crippen molar-refractivity contribution in [2.75, 3.05) is 0 Å². The molecule has 0 saturated heterocycles. The molecule has 0 aliphatic heterocycles. The molecule has 5 aromatic rings. The number of benzene rings is 4. The molecule has 1 aliphatic carbocycles. The number of para-hydroxylation sites is 1. The fourth-order valence-corrected chi connectivity index (χ4v) is 7.62. The minimum atomic E-state index is 0.290. The number of pyridine rings is 1. The van der Waals surface area contributed by atoms with Crippen LogP contribution in [0.5, 0.6) is 11.5 Å². The Morgan fingerprint density at radius 2 is 1.54 bits per heavy atom. The highest BCUT2D eigenvalue weighted by Crippen LogP contribution is 2.38. The fraction of sp³-hybridized carbons (Fsp3) is 0.294. The lowest BCUT2D eigenvalue weighted by molar-refractivity contribution is 0.482. The number of unbranched alkanes of at least 4 members (excludes halogenated alkanes) is 1. The van der Waals surface area contributed by atoms with Crippen molar-refractivity contribution < 1.29 is 4.74 Å². The van der Waals surface area contributed by atoms with E-state index >= 15 is 0 Å². The van der Waals surface area contributed by atoms with E-state index in [1.165, 1.54) is 38.8 Å². The van der Waals surface area contributed by atoms with Gasteiger partial charge in [-0.1, -0.05) is 112 Å². The Kier molecular flexibility index (Phi) is 12.9. The summed E-state index contributed by atoms with van der Waals surface area (Å²) in [5, 5.41) is 1.26. The van der Waals surface area contributed by atoms with Crippen LogP contribution < -0.4 is 4.74 Å². The number of aliphatic imine (C=N–C) groups is 1. The van der Waals surface area contributed by atoms with E-state index in [2.05, 4.69) is 151 Å². The average Bonchev–Trinajstić information content (AvgIpc) is 3.18. The molecule has 3 nitrogen and oxygen atoms in total. The molecule has 6 rings (SSSR count). The lowest BCUT2D eigenvalue weighted by Gasteiger charge is -2.29. The number of rotatable bonds is 12. The van der Waals surface area contributed by atoms with Crippen LogP contribution >= 0.6 is 0 Å². The zero-order chi connectivity index (χ0) is 38.0. The molecule has 0 N–H and O–H groups in total. The number of hydrogen-bond donors (Lipinski definition) is 0. The van der Waals surface area contributed by atoms with E-state index < -0.39 is 0 Å². The van der Waals surface area contributed by atoms with Crippen LogP contribution in [0, 0.1) is 11.8 Å². The van der Waals surface area contributed by atoms with Crippen molar-refractivity contribution in [3.63, 3.8) is 0 Å². The van der Waals surface area contributed by atoms with Crippen LogP contribution in [0.25, 0.3) is 23.1 Å². The number of hydrogen-bond acceptors (Lipinski definition) is 3. The first-order chi connectivity index (χ1) is 26.2. The lowest BCUT2D eigenvalue weighted by Crippen LogP contribution is -2.20. The molecule has 2 atom stereocenters. The second-order valence-corrected chi connectivity index (χ2v) is 15.1. The molecule has 3 heteroatoms. The predicted molar refractivity (Wildman–Crippen MR) is 232 cm³/mol. The quantitative estimate of drug-likeness (QED) is 0.0953. The van der Waals surface area contributed by atoms with E-state index in [4.69, 9.17) is 14.7 Å². The number of fused-ring (bicyclic) bond motifs is 2. The summed E-state index contributed by atoms with van der Waals surface area (Å²) in [5.41, 5.74) is 13.0. The smallest absolute Gasteiger partial charge is 0.127 e. The first-order valence-electron chi connectivity index (χ1n) is 19.8. The molecule has 0 radical (unpaired) electrons. The summed E-state index contributed by atoms with van der Waals surface area (Å²) in [7, 11) is 0. The number of aryl methyl sites for hydroxylation is 2. The van der Waals surface area contributed by atoms with Gasteiger partial charge in [-0.3, -0.25) is 0 Å². The molecule has 1 aliphatic rings. The van der Waals surface area contributed by atoms with Crippen LogP contribution in [0.1, 0.15) is 107 Å². The zero-order valence-corrected chi connectivity index (χ0v) is 33.1. The second kappa shape index (κ2) is 18.2. The van der Waals surface area contributed by atoms with E-state index in [0.29, 0.717) is 11.8 Å². The topological polar surface area (TPSA) is 34.5 Å². The van der Waals surface area contributed by atoms with E-state index in [-0.39, 0.29) is 5.92 Å². The van der Waals surface area contributed by atoms with Crippen LogP contribution in [0.4, 0.5) is 5.69 Å². The molecule has 0 fully saturated rings. The standard InChI is InChI=1S/C51H56N2O/c1-8-16-49-47(33-23-35(3)4)45(46-20-14-15-22-50(46)53-49)19-11-10-17-39-25-29-41(30-26-39)54-42-31-27-40(28-32-42)52-51-38(7)43(36(5)9-2)34-24-37(6)44-18-12-13-21-48(44)51/h8-9,12-16,18,20-23,25-33,35,37,43H,7,10-11,17,19,24,34H2,1-6H3. The summed E-state index contributed by atoms with van der Waals surface area (Å²) in [6, 6.07) is 33.9. The summed E-state index contributed by atoms with van der Waals surface area (Å²) in [6.45, 7) is 17.8. The predicted octanol–water partition coefficient (Wildman–Crippen LogP) is 14.5. The molecule has 2 unspecified atom stereocenters. The van der Waals surface area contributed by atoms with Gasteiger partial charge in [0.25, 0.3) is 0 Å². The van der Waals surface area contributed by atoms with Crippen LogP contribution in [0.15, 0.2) is 138 Å². The van der Waals surface area contributed by atoms with Gasteiger partial charge < -0.3 is 4.74 Å². The molecule has 0 amide bonds. The van der Waals surface area contributed by atoms with Crippen molar-refractivity contribution in [2.45, 2.75) is 86.0 Å². The Hall–Kier alpha value is -5.28. The van der Waals surface area contributed by atoms with Gasteiger partial charge in [0, 0.05) is 22.4 Å². The third-order valence-electron chi connectivity index (χ3n) is 10.8. The number of allylic oxidation sites excluding steroid dienone is 5. The number of nitrogens with zero attached hydrogens (tertiary/aromatic N) is 2. The van der Waals surface area contributed by atoms with Crippen molar-refractivity contribution in [1.82, 2.24) is 4.98 Å². The molecule has 1 aromatic heterocycles. The number of ether oxygens (including phenoxy) is 1. The maximum atomic E-state index is 6.29. The van der Waals surface area contributed by atoms with Gasteiger partial charge in [0.1, 0.15) is 11.5 Å². The van der Waals surface area contributed by atoms with Gasteiger partial charge in [-0.15, -0.1) is 0 Å². The zero-order valence-electron chi connectivity index (χ0n) is 33.1. The molecule has 0 saturated carbocycles. The van der Waals surface area contributed by atoms with E-state index in [0.717, 1.165) is 78.2 Å². The molecule has 0 bridgehead atoms. The first kappa shape index (κ1) is 38.4. The Balaban J connectivity index is 1.11. The highest BCUT2D eigenvalue weighted by atomic mass is 16.5. The number of aromatic nitrogens is 1. The molecule has 276 valence electrons. The Bertz CT molecular complexity index is 2180. The van der Waals surface area contributed by atoms with Crippen molar-refractivity contribution in [1.29, 1.82) is 0 Å². The normalized spacial score (nSPS) is 17.4. The second-order valence-electron chi connectivity index (χ2n) is 15.1. The maximum absolute atomic E-state index is 6.29.